The van der Waals surface area contributed by atoms with Gasteiger partial charge < -0.3 is 4.42 Å². The van der Waals surface area contributed by atoms with E-state index in [-0.39, 0.29) is 0 Å². The second-order valence-corrected chi connectivity index (χ2v) is 6.18. The minimum Gasteiger partial charge on any atom is -0.448 e. The lowest BCUT2D eigenvalue weighted by molar-refractivity contribution is 0.112. The summed E-state index contributed by atoms with van der Waals surface area (Å²) >= 11 is 6.69. The van der Waals surface area contributed by atoms with E-state index in [1.807, 2.05) is 24.3 Å². The van der Waals surface area contributed by atoms with Crippen LogP contribution in [0.5, 0.6) is 0 Å². The van der Waals surface area contributed by atoms with E-state index in [1.54, 1.807) is 23.0 Å². The molecule has 2 heterocycles. The van der Waals surface area contributed by atoms with Crippen molar-refractivity contribution < 1.29 is 9.21 Å². The van der Waals surface area contributed by atoms with Gasteiger partial charge in [0.25, 0.3) is 0 Å². The van der Waals surface area contributed by atoms with Gasteiger partial charge in [0.15, 0.2) is 16.7 Å². The molecule has 2 aromatic heterocycles. The molecular weight excluding hydrogens is 400 g/mol. The van der Waals surface area contributed by atoms with Gasteiger partial charge in [0.2, 0.25) is 0 Å². The van der Waals surface area contributed by atoms with Crippen LogP contribution in [0.4, 0.5) is 0 Å². The highest BCUT2D eigenvalue weighted by molar-refractivity contribution is 9.10. The molecule has 21 heavy (non-hydrogen) atoms. The van der Waals surface area contributed by atoms with Crippen LogP contribution < -0.4 is 0 Å². The third kappa shape index (κ3) is 3.16. The lowest BCUT2D eigenvalue weighted by Crippen LogP contribution is -2.00. The first kappa shape index (κ1) is 14.3. The fraction of sp³-hybridized carbons (Fsp3) is 0.0667. The van der Waals surface area contributed by atoms with Gasteiger partial charge in [-0.25, -0.2) is 0 Å². The van der Waals surface area contributed by atoms with E-state index < -0.39 is 0 Å². The molecule has 1 aromatic carbocycles. The van der Waals surface area contributed by atoms with E-state index in [0.29, 0.717) is 28.2 Å². The molecule has 6 heteroatoms. The van der Waals surface area contributed by atoms with Crippen molar-refractivity contribution in [2.45, 2.75) is 6.54 Å². The minimum absolute atomic E-state index is 0.506. The maximum Gasteiger partial charge on any atom is 0.169 e. The number of carbonyl (C=O) groups excluding carboxylic acids is 1. The molecule has 0 amide bonds. The van der Waals surface area contributed by atoms with E-state index >= 15 is 0 Å². The summed E-state index contributed by atoms with van der Waals surface area (Å²) < 4.78 is 8.82. The van der Waals surface area contributed by atoms with Gasteiger partial charge in [0, 0.05) is 10.7 Å². The molecule has 0 N–H and O–H groups in total. The van der Waals surface area contributed by atoms with Crippen LogP contribution >= 0.6 is 31.9 Å². The van der Waals surface area contributed by atoms with Crippen molar-refractivity contribution in [3.63, 3.8) is 0 Å². The van der Waals surface area contributed by atoms with Crippen molar-refractivity contribution in [1.29, 1.82) is 0 Å². The van der Waals surface area contributed by atoms with Gasteiger partial charge in [0.05, 0.1) is 12.1 Å². The molecule has 0 bridgehead atoms. The van der Waals surface area contributed by atoms with Crippen molar-refractivity contribution >= 4 is 38.1 Å². The second-order valence-electron chi connectivity index (χ2n) is 4.48. The Labute approximate surface area is 138 Å². The van der Waals surface area contributed by atoms with Gasteiger partial charge in [-0.3, -0.25) is 9.48 Å². The van der Waals surface area contributed by atoms with Crippen LogP contribution in [0.25, 0.3) is 11.5 Å². The number of nitrogens with zero attached hydrogens (tertiary/aromatic N) is 2. The topological polar surface area (TPSA) is 48.0 Å². The van der Waals surface area contributed by atoms with Crippen LogP contribution in [0.1, 0.15) is 15.9 Å². The molecule has 0 atom stereocenters. The fourth-order valence-corrected chi connectivity index (χ4v) is 2.81. The summed E-state index contributed by atoms with van der Waals surface area (Å²) in [7, 11) is 0. The predicted octanol–water partition coefficient (Wildman–Crippen LogP) is 4.53. The zero-order valence-electron chi connectivity index (χ0n) is 10.8. The first-order valence-corrected chi connectivity index (χ1v) is 7.77. The summed E-state index contributed by atoms with van der Waals surface area (Å²) in [5, 5.41) is 4.45. The molecule has 4 nitrogen and oxygen atoms in total. The monoisotopic (exact) mass is 408 g/mol. The Morgan fingerprint density at radius 1 is 1.24 bits per heavy atom. The molecule has 0 aliphatic carbocycles. The highest BCUT2D eigenvalue weighted by Crippen LogP contribution is 2.26. The summed E-state index contributed by atoms with van der Waals surface area (Å²) in [4.78, 5) is 11.2. The number of aldehydes is 1. The van der Waals surface area contributed by atoms with Crippen molar-refractivity contribution in [2.75, 3.05) is 0 Å². The predicted molar refractivity (Wildman–Crippen MR) is 86.3 cm³/mol. The number of halogens is 2. The van der Waals surface area contributed by atoms with Crippen molar-refractivity contribution in [1.82, 2.24) is 9.78 Å². The molecule has 0 aliphatic heterocycles. The Hall–Kier alpha value is -1.66. The third-order valence-corrected chi connectivity index (χ3v) is 3.88. The van der Waals surface area contributed by atoms with Crippen LogP contribution in [-0.4, -0.2) is 16.1 Å². The summed E-state index contributed by atoms with van der Waals surface area (Å²) in [6, 6.07) is 11.5. The standard InChI is InChI=1S/C15H10Br2N2O2/c16-12-3-1-2-10(6-12)7-19-8-11(9-20)15(18-19)13-4-5-14(17)21-13/h1-6,8-9H,7H2. The Kier molecular flexibility index (Phi) is 4.07. The number of hydrogen-bond donors (Lipinski definition) is 0. The molecule has 0 fully saturated rings. The Bertz CT molecular complexity index is 793. The number of rotatable bonds is 4. The molecular formula is C15H10Br2N2O2. The quantitative estimate of drug-likeness (QED) is 0.594. The van der Waals surface area contributed by atoms with Crippen LogP contribution in [-0.2, 0) is 6.54 Å². The Balaban J connectivity index is 1.94. The van der Waals surface area contributed by atoms with Crippen molar-refractivity contribution in [2.24, 2.45) is 0 Å². The highest BCUT2D eigenvalue weighted by atomic mass is 79.9. The van der Waals surface area contributed by atoms with E-state index in [0.717, 1.165) is 16.3 Å². The van der Waals surface area contributed by atoms with Crippen molar-refractivity contribution in [3.8, 4) is 11.5 Å². The normalized spacial score (nSPS) is 10.8. The fourth-order valence-electron chi connectivity index (χ4n) is 2.06. The molecule has 3 rings (SSSR count). The van der Waals surface area contributed by atoms with Gasteiger partial charge in [-0.2, -0.15) is 5.10 Å². The van der Waals surface area contributed by atoms with Gasteiger partial charge in [-0.05, 0) is 45.8 Å². The first-order valence-electron chi connectivity index (χ1n) is 6.18. The molecule has 0 spiro atoms. The smallest absolute Gasteiger partial charge is 0.169 e. The number of furan rings is 1. The van der Waals surface area contributed by atoms with E-state index in [1.165, 1.54) is 0 Å². The maximum absolute atomic E-state index is 11.2. The average Bonchev–Trinajstić information content (AvgIpc) is 3.05. The molecule has 3 aromatic rings. The summed E-state index contributed by atoms with van der Waals surface area (Å²) in [6.45, 7) is 0.585. The zero-order valence-corrected chi connectivity index (χ0v) is 14.0. The van der Waals surface area contributed by atoms with Gasteiger partial charge in [-0.15, -0.1) is 0 Å². The molecule has 0 saturated heterocycles. The summed E-state index contributed by atoms with van der Waals surface area (Å²) in [5.74, 6) is 0.567. The molecule has 106 valence electrons. The summed E-state index contributed by atoms with van der Waals surface area (Å²) in [5.41, 5.74) is 2.15. The van der Waals surface area contributed by atoms with Gasteiger partial charge >= 0.3 is 0 Å². The van der Waals surface area contributed by atoms with Crippen LogP contribution in [0.15, 0.2) is 56.2 Å². The average molecular weight is 410 g/mol. The Morgan fingerprint density at radius 3 is 2.76 bits per heavy atom. The van der Waals surface area contributed by atoms with E-state index in [9.17, 15) is 4.79 Å². The third-order valence-electron chi connectivity index (χ3n) is 2.96. The maximum atomic E-state index is 11.2. The zero-order chi connectivity index (χ0) is 14.8. The highest BCUT2D eigenvalue weighted by Gasteiger charge is 2.14. The number of aromatic nitrogens is 2. The van der Waals surface area contributed by atoms with Gasteiger partial charge in [0.1, 0.15) is 5.69 Å². The number of carbonyl (C=O) groups is 1. The SMILES string of the molecule is O=Cc1cn(Cc2cccc(Br)c2)nc1-c1ccc(Br)o1. The summed E-state index contributed by atoms with van der Waals surface area (Å²) in [6.07, 6.45) is 2.51. The second kappa shape index (κ2) is 5.99. The van der Waals surface area contributed by atoms with E-state index in [2.05, 4.69) is 37.0 Å². The largest absolute Gasteiger partial charge is 0.448 e. The molecule has 0 saturated carbocycles. The molecule has 0 aliphatic rings. The minimum atomic E-state index is 0.506. The van der Waals surface area contributed by atoms with Crippen LogP contribution in [0.3, 0.4) is 0 Å². The molecule has 0 radical (unpaired) electrons. The van der Waals surface area contributed by atoms with Crippen LogP contribution in [0, 0.1) is 0 Å². The first-order chi connectivity index (χ1) is 10.2. The number of benzene rings is 1. The lowest BCUT2D eigenvalue weighted by Gasteiger charge is -2.02. The molecule has 0 unspecified atom stereocenters. The van der Waals surface area contributed by atoms with Gasteiger partial charge in [-0.1, -0.05) is 28.1 Å². The Morgan fingerprint density at radius 2 is 2.10 bits per heavy atom. The number of hydrogen-bond acceptors (Lipinski definition) is 3. The van der Waals surface area contributed by atoms with Crippen molar-refractivity contribution in [3.05, 3.63) is 62.9 Å². The lowest BCUT2D eigenvalue weighted by atomic mass is 10.2. The van der Waals surface area contributed by atoms with E-state index in [4.69, 9.17) is 4.42 Å². The van der Waals surface area contributed by atoms with Crippen LogP contribution in [0.2, 0.25) is 0 Å².